The second-order valence-electron chi connectivity index (χ2n) is 6.53. The lowest BCUT2D eigenvalue weighted by atomic mass is 10.1. The van der Waals surface area contributed by atoms with Crippen LogP contribution in [0, 0.1) is 6.92 Å². The number of hydrogen-bond acceptors (Lipinski definition) is 3. The van der Waals surface area contributed by atoms with E-state index in [0.717, 1.165) is 17.7 Å². The van der Waals surface area contributed by atoms with Gasteiger partial charge < -0.3 is 11.1 Å². The molecule has 4 heteroatoms. The van der Waals surface area contributed by atoms with E-state index in [2.05, 4.69) is 43.2 Å². The van der Waals surface area contributed by atoms with Gasteiger partial charge in [0.1, 0.15) is 0 Å². The van der Waals surface area contributed by atoms with Crippen molar-refractivity contribution in [1.82, 2.24) is 10.2 Å². The van der Waals surface area contributed by atoms with Crippen molar-refractivity contribution >= 4 is 11.6 Å². The summed E-state index contributed by atoms with van der Waals surface area (Å²) in [6.07, 6.45) is 0. The maximum absolute atomic E-state index is 12.5. The standard InChI is InChI=1S/C20H27N3O/c1-14(2)23(4)13-17-8-6-5-7-16(17)12-22-20(24)19-11-18(21)10-9-15(19)3/h5-11,14H,12-13,21H2,1-4H3,(H,22,24). The summed E-state index contributed by atoms with van der Waals surface area (Å²) in [5, 5.41) is 3.01. The van der Waals surface area contributed by atoms with Gasteiger partial charge in [-0.15, -0.1) is 0 Å². The maximum Gasteiger partial charge on any atom is 0.251 e. The number of carbonyl (C=O) groups is 1. The summed E-state index contributed by atoms with van der Waals surface area (Å²) in [5.41, 5.74) is 10.3. The molecule has 128 valence electrons. The number of nitrogens with one attached hydrogen (secondary N) is 1. The normalized spacial score (nSPS) is 11.1. The third-order valence-electron chi connectivity index (χ3n) is 4.37. The van der Waals surface area contributed by atoms with Gasteiger partial charge in [-0.3, -0.25) is 9.69 Å². The Bertz CT molecular complexity index is 710. The van der Waals surface area contributed by atoms with Gasteiger partial charge in [-0.2, -0.15) is 0 Å². The molecule has 2 rings (SSSR count). The molecule has 4 nitrogen and oxygen atoms in total. The number of nitrogens with two attached hydrogens (primary N) is 1. The van der Waals surface area contributed by atoms with Crippen molar-refractivity contribution in [3.8, 4) is 0 Å². The molecule has 0 heterocycles. The number of hydrogen-bond donors (Lipinski definition) is 2. The molecule has 1 amide bonds. The summed E-state index contributed by atoms with van der Waals surface area (Å²) in [5.74, 6) is -0.0909. The number of benzene rings is 2. The Morgan fingerprint density at radius 3 is 2.50 bits per heavy atom. The molecule has 0 spiro atoms. The van der Waals surface area contributed by atoms with E-state index in [4.69, 9.17) is 5.73 Å². The summed E-state index contributed by atoms with van der Waals surface area (Å²) in [6, 6.07) is 14.1. The number of aryl methyl sites for hydroxylation is 1. The highest BCUT2D eigenvalue weighted by molar-refractivity contribution is 5.96. The van der Waals surface area contributed by atoms with Gasteiger partial charge >= 0.3 is 0 Å². The molecule has 24 heavy (non-hydrogen) atoms. The minimum absolute atomic E-state index is 0.0909. The zero-order valence-corrected chi connectivity index (χ0v) is 15.0. The molecular formula is C20H27N3O. The smallest absolute Gasteiger partial charge is 0.251 e. The molecule has 0 saturated carbocycles. The van der Waals surface area contributed by atoms with Crippen molar-refractivity contribution in [2.45, 2.75) is 39.9 Å². The minimum atomic E-state index is -0.0909. The lowest BCUT2D eigenvalue weighted by Gasteiger charge is -2.22. The second kappa shape index (κ2) is 7.97. The Morgan fingerprint density at radius 2 is 1.83 bits per heavy atom. The van der Waals surface area contributed by atoms with Crippen LogP contribution in [0.4, 0.5) is 5.69 Å². The summed E-state index contributed by atoms with van der Waals surface area (Å²) >= 11 is 0. The Morgan fingerprint density at radius 1 is 1.17 bits per heavy atom. The molecule has 0 aliphatic rings. The average Bonchev–Trinajstić information content (AvgIpc) is 2.55. The Kier molecular flexibility index (Phi) is 5.99. The van der Waals surface area contributed by atoms with Gasteiger partial charge in [0.2, 0.25) is 0 Å². The van der Waals surface area contributed by atoms with Crippen LogP contribution < -0.4 is 11.1 Å². The van der Waals surface area contributed by atoms with Crippen molar-refractivity contribution < 1.29 is 4.79 Å². The fourth-order valence-electron chi connectivity index (χ4n) is 2.49. The van der Waals surface area contributed by atoms with Gasteiger partial charge in [0, 0.05) is 30.4 Å². The van der Waals surface area contributed by atoms with Crippen LogP contribution in [0.5, 0.6) is 0 Å². The molecule has 0 aliphatic carbocycles. The molecule has 0 saturated heterocycles. The number of rotatable bonds is 6. The third kappa shape index (κ3) is 4.59. The zero-order chi connectivity index (χ0) is 17.7. The van der Waals surface area contributed by atoms with Crippen molar-refractivity contribution in [3.63, 3.8) is 0 Å². The first-order chi connectivity index (χ1) is 11.4. The van der Waals surface area contributed by atoms with E-state index < -0.39 is 0 Å². The van der Waals surface area contributed by atoms with Crippen LogP contribution in [0.2, 0.25) is 0 Å². The van der Waals surface area contributed by atoms with Gasteiger partial charge in [-0.25, -0.2) is 0 Å². The van der Waals surface area contributed by atoms with E-state index in [1.165, 1.54) is 5.56 Å². The highest BCUT2D eigenvalue weighted by Gasteiger charge is 2.11. The molecule has 0 bridgehead atoms. The first-order valence-corrected chi connectivity index (χ1v) is 8.30. The van der Waals surface area contributed by atoms with E-state index in [9.17, 15) is 4.79 Å². The third-order valence-corrected chi connectivity index (χ3v) is 4.37. The first-order valence-electron chi connectivity index (χ1n) is 8.30. The molecule has 2 aromatic carbocycles. The summed E-state index contributed by atoms with van der Waals surface area (Å²) < 4.78 is 0. The number of anilines is 1. The van der Waals surface area contributed by atoms with E-state index in [0.29, 0.717) is 23.8 Å². The number of carbonyl (C=O) groups excluding carboxylic acids is 1. The molecule has 3 N–H and O–H groups in total. The van der Waals surface area contributed by atoms with Gasteiger partial charge in [0.25, 0.3) is 5.91 Å². The lowest BCUT2D eigenvalue weighted by molar-refractivity contribution is 0.0950. The Labute approximate surface area is 144 Å². The molecule has 0 unspecified atom stereocenters. The molecular weight excluding hydrogens is 298 g/mol. The summed E-state index contributed by atoms with van der Waals surface area (Å²) in [6.45, 7) is 7.63. The Balaban J connectivity index is 2.09. The average molecular weight is 325 g/mol. The molecule has 0 fully saturated rings. The summed E-state index contributed by atoms with van der Waals surface area (Å²) in [7, 11) is 2.11. The largest absolute Gasteiger partial charge is 0.399 e. The fraction of sp³-hybridized carbons (Fsp3) is 0.350. The topological polar surface area (TPSA) is 58.4 Å². The number of nitrogen functional groups attached to an aromatic ring is 1. The van der Waals surface area contributed by atoms with Crippen molar-refractivity contribution in [2.75, 3.05) is 12.8 Å². The monoisotopic (exact) mass is 325 g/mol. The maximum atomic E-state index is 12.5. The van der Waals surface area contributed by atoms with Crippen molar-refractivity contribution in [1.29, 1.82) is 0 Å². The fourth-order valence-corrected chi connectivity index (χ4v) is 2.49. The highest BCUT2D eigenvalue weighted by Crippen LogP contribution is 2.15. The van der Waals surface area contributed by atoms with Gasteiger partial charge in [-0.05, 0) is 56.6 Å². The van der Waals surface area contributed by atoms with Gasteiger partial charge in [0.05, 0.1) is 0 Å². The quantitative estimate of drug-likeness (QED) is 0.801. The lowest BCUT2D eigenvalue weighted by Crippen LogP contribution is -2.28. The van der Waals surface area contributed by atoms with Crippen LogP contribution in [0.15, 0.2) is 42.5 Å². The van der Waals surface area contributed by atoms with E-state index in [-0.39, 0.29) is 5.91 Å². The predicted molar refractivity (Wildman–Crippen MR) is 99.8 cm³/mol. The molecule has 0 radical (unpaired) electrons. The number of nitrogens with zero attached hydrogens (tertiary/aromatic N) is 1. The van der Waals surface area contributed by atoms with Crippen LogP contribution in [-0.2, 0) is 13.1 Å². The van der Waals surface area contributed by atoms with Gasteiger partial charge in [0.15, 0.2) is 0 Å². The van der Waals surface area contributed by atoms with Crippen LogP contribution >= 0.6 is 0 Å². The first kappa shape index (κ1) is 18.0. The second-order valence-corrected chi connectivity index (χ2v) is 6.53. The van der Waals surface area contributed by atoms with E-state index in [1.54, 1.807) is 6.07 Å². The minimum Gasteiger partial charge on any atom is -0.399 e. The predicted octanol–water partition coefficient (Wildman–Crippen LogP) is 3.35. The number of amides is 1. The van der Waals surface area contributed by atoms with Crippen molar-refractivity contribution in [3.05, 3.63) is 64.7 Å². The Hall–Kier alpha value is -2.33. The molecule has 0 aromatic heterocycles. The van der Waals surface area contributed by atoms with Crippen LogP contribution in [-0.4, -0.2) is 23.9 Å². The van der Waals surface area contributed by atoms with E-state index in [1.807, 2.05) is 31.2 Å². The zero-order valence-electron chi connectivity index (χ0n) is 15.0. The molecule has 0 atom stereocenters. The van der Waals surface area contributed by atoms with Crippen molar-refractivity contribution in [2.24, 2.45) is 0 Å². The molecule has 0 aliphatic heterocycles. The molecule has 2 aromatic rings. The van der Waals surface area contributed by atoms with Gasteiger partial charge in [-0.1, -0.05) is 30.3 Å². The highest BCUT2D eigenvalue weighted by atomic mass is 16.1. The van der Waals surface area contributed by atoms with E-state index >= 15 is 0 Å². The van der Waals surface area contributed by atoms with Crippen LogP contribution in [0.1, 0.15) is 40.9 Å². The van der Waals surface area contributed by atoms with Crippen LogP contribution in [0.3, 0.4) is 0 Å². The van der Waals surface area contributed by atoms with Crippen LogP contribution in [0.25, 0.3) is 0 Å². The summed E-state index contributed by atoms with van der Waals surface area (Å²) in [4.78, 5) is 14.7. The SMILES string of the molecule is Cc1ccc(N)cc1C(=O)NCc1ccccc1CN(C)C(C)C.